The van der Waals surface area contributed by atoms with Crippen LogP contribution in [0.5, 0.6) is 5.75 Å². The minimum atomic E-state index is -0.758. The van der Waals surface area contributed by atoms with Gasteiger partial charge in [-0.2, -0.15) is 5.26 Å². The predicted octanol–water partition coefficient (Wildman–Crippen LogP) is 5.74. The number of esters is 1. The zero-order valence-corrected chi connectivity index (χ0v) is 20.4. The molecular formula is C25H25Cl2N3O4. The second-order valence-electron chi connectivity index (χ2n) is 8.16. The zero-order chi connectivity index (χ0) is 24.8. The summed E-state index contributed by atoms with van der Waals surface area (Å²) in [6.45, 7) is 4.49. The number of hydrogen-bond donors (Lipinski definition) is 1. The number of amides is 1. The molecule has 3 aromatic rings. The van der Waals surface area contributed by atoms with E-state index in [0.717, 1.165) is 0 Å². The third kappa shape index (κ3) is 5.64. The summed E-state index contributed by atoms with van der Waals surface area (Å²) in [7, 11) is 0. The number of primary amides is 1. The van der Waals surface area contributed by atoms with Crippen molar-refractivity contribution in [3.05, 3.63) is 63.3 Å². The van der Waals surface area contributed by atoms with Crippen molar-refractivity contribution in [1.82, 2.24) is 4.57 Å². The van der Waals surface area contributed by atoms with Crippen LogP contribution < -0.4 is 10.5 Å². The molecule has 0 unspecified atom stereocenters. The number of aromatic nitrogens is 1. The van der Waals surface area contributed by atoms with E-state index in [1.54, 1.807) is 41.0 Å². The highest BCUT2D eigenvalue weighted by Gasteiger charge is 2.27. The molecule has 0 aliphatic heterocycles. The summed E-state index contributed by atoms with van der Waals surface area (Å²) < 4.78 is 13.0. The Labute approximate surface area is 207 Å². The standard InChI is InChI=1S/C25H25Cl2N3O4/c1-15(2)13-34-25(32)23-22(24(29)31)17-12-16(8-9-21(17)30(23)11-4-3-10-28)33-14-18-19(26)6-5-7-20(18)27/h5-9,12,15H,3-4,11,13-14H2,1-2H3,(H2,29,31). The van der Waals surface area contributed by atoms with Crippen LogP contribution in [-0.4, -0.2) is 23.1 Å². The van der Waals surface area contributed by atoms with E-state index in [-0.39, 0.29) is 30.4 Å². The maximum Gasteiger partial charge on any atom is 0.355 e. The Morgan fingerprint density at radius 1 is 1.18 bits per heavy atom. The summed E-state index contributed by atoms with van der Waals surface area (Å²) in [5.41, 5.74) is 7.09. The number of ether oxygens (including phenoxy) is 2. The monoisotopic (exact) mass is 501 g/mol. The average molecular weight is 502 g/mol. The molecule has 2 aromatic carbocycles. The second kappa shape index (κ2) is 11.3. The number of unbranched alkanes of at least 4 members (excludes halogenated alkanes) is 1. The third-order valence-corrected chi connectivity index (χ3v) is 5.85. The molecule has 2 N–H and O–H groups in total. The molecule has 0 atom stereocenters. The molecule has 0 bridgehead atoms. The SMILES string of the molecule is CC(C)COC(=O)c1c(C(N)=O)c2cc(OCc3c(Cl)cccc3Cl)ccc2n1CCCC#N. The van der Waals surface area contributed by atoms with Crippen LogP contribution in [0.15, 0.2) is 36.4 Å². The van der Waals surface area contributed by atoms with E-state index in [0.29, 0.717) is 51.6 Å². The van der Waals surface area contributed by atoms with E-state index in [4.69, 9.17) is 43.7 Å². The summed E-state index contributed by atoms with van der Waals surface area (Å²) in [5, 5.41) is 10.4. The maximum atomic E-state index is 13.0. The molecule has 1 aromatic heterocycles. The van der Waals surface area contributed by atoms with Gasteiger partial charge in [-0.05, 0) is 42.7 Å². The quantitative estimate of drug-likeness (QED) is 0.281. The van der Waals surface area contributed by atoms with Crippen LogP contribution in [0.4, 0.5) is 0 Å². The van der Waals surface area contributed by atoms with E-state index in [9.17, 15) is 9.59 Å². The van der Waals surface area contributed by atoms with Gasteiger partial charge in [-0.15, -0.1) is 0 Å². The smallest absolute Gasteiger partial charge is 0.355 e. The molecule has 0 aliphatic rings. The first-order valence-corrected chi connectivity index (χ1v) is 11.6. The van der Waals surface area contributed by atoms with Crippen molar-refractivity contribution in [2.45, 2.75) is 39.8 Å². The topological polar surface area (TPSA) is 107 Å². The molecule has 0 radical (unpaired) electrons. The Balaban J connectivity index is 2.05. The van der Waals surface area contributed by atoms with E-state index in [2.05, 4.69) is 6.07 Å². The molecule has 1 amide bonds. The first-order valence-electron chi connectivity index (χ1n) is 10.8. The van der Waals surface area contributed by atoms with Gasteiger partial charge in [0.25, 0.3) is 5.91 Å². The number of aryl methyl sites for hydroxylation is 1. The van der Waals surface area contributed by atoms with Crippen LogP contribution in [0.1, 0.15) is 53.1 Å². The lowest BCUT2D eigenvalue weighted by atomic mass is 10.1. The van der Waals surface area contributed by atoms with Crippen molar-refractivity contribution in [3.63, 3.8) is 0 Å². The molecule has 178 valence electrons. The number of hydrogen-bond acceptors (Lipinski definition) is 5. The van der Waals surface area contributed by atoms with Gasteiger partial charge in [-0.25, -0.2) is 4.79 Å². The lowest BCUT2D eigenvalue weighted by Gasteiger charge is -2.12. The fourth-order valence-corrected chi connectivity index (χ4v) is 4.08. The van der Waals surface area contributed by atoms with Crippen LogP contribution in [0, 0.1) is 17.2 Å². The number of nitriles is 1. The molecule has 3 rings (SSSR count). The van der Waals surface area contributed by atoms with E-state index < -0.39 is 11.9 Å². The number of halogens is 2. The number of nitrogens with zero attached hydrogens (tertiary/aromatic N) is 2. The normalized spacial score (nSPS) is 10.9. The Morgan fingerprint density at radius 3 is 2.50 bits per heavy atom. The highest BCUT2D eigenvalue weighted by Crippen LogP contribution is 2.32. The van der Waals surface area contributed by atoms with Gasteiger partial charge in [-0.3, -0.25) is 4.79 Å². The largest absolute Gasteiger partial charge is 0.489 e. The molecule has 1 heterocycles. The molecular weight excluding hydrogens is 477 g/mol. The van der Waals surface area contributed by atoms with E-state index >= 15 is 0 Å². The Kier molecular flexibility index (Phi) is 8.43. The van der Waals surface area contributed by atoms with Gasteiger partial charge >= 0.3 is 5.97 Å². The van der Waals surface area contributed by atoms with Crippen LogP contribution in [0.2, 0.25) is 10.0 Å². The fraction of sp³-hybridized carbons (Fsp3) is 0.320. The average Bonchev–Trinajstić information content (AvgIpc) is 3.11. The Bertz CT molecular complexity index is 1240. The molecule has 7 nitrogen and oxygen atoms in total. The number of rotatable bonds is 10. The van der Waals surface area contributed by atoms with Gasteiger partial charge in [0.15, 0.2) is 0 Å². The van der Waals surface area contributed by atoms with Crippen LogP contribution in [-0.2, 0) is 17.9 Å². The van der Waals surface area contributed by atoms with Crippen molar-refractivity contribution in [2.24, 2.45) is 11.7 Å². The molecule has 9 heteroatoms. The van der Waals surface area contributed by atoms with Gasteiger partial charge in [0.2, 0.25) is 0 Å². The van der Waals surface area contributed by atoms with Crippen LogP contribution >= 0.6 is 23.2 Å². The predicted molar refractivity (Wildman–Crippen MR) is 131 cm³/mol. The zero-order valence-electron chi connectivity index (χ0n) is 18.9. The van der Waals surface area contributed by atoms with E-state index in [1.165, 1.54) is 0 Å². The highest BCUT2D eigenvalue weighted by atomic mass is 35.5. The number of carbonyl (C=O) groups excluding carboxylic acids is 2. The molecule has 0 aliphatic carbocycles. The maximum absolute atomic E-state index is 13.0. The summed E-state index contributed by atoms with van der Waals surface area (Å²) in [6.07, 6.45) is 0.790. The van der Waals surface area contributed by atoms with Gasteiger partial charge in [0.1, 0.15) is 18.1 Å². The molecule has 34 heavy (non-hydrogen) atoms. The summed E-state index contributed by atoms with van der Waals surface area (Å²) in [6, 6.07) is 12.4. The molecule has 0 spiro atoms. The van der Waals surface area contributed by atoms with Crippen molar-refractivity contribution < 1.29 is 19.1 Å². The fourth-order valence-electron chi connectivity index (χ4n) is 3.57. The lowest BCUT2D eigenvalue weighted by Crippen LogP contribution is -2.21. The van der Waals surface area contributed by atoms with Crippen molar-refractivity contribution >= 4 is 46.0 Å². The number of nitrogens with two attached hydrogens (primary N) is 1. The number of carbonyl (C=O) groups is 2. The van der Waals surface area contributed by atoms with Gasteiger partial charge in [0.05, 0.1) is 18.2 Å². The molecule has 0 fully saturated rings. The number of fused-ring (bicyclic) bond motifs is 1. The third-order valence-electron chi connectivity index (χ3n) is 5.14. The van der Waals surface area contributed by atoms with Gasteiger partial charge in [-0.1, -0.05) is 43.1 Å². The summed E-state index contributed by atoms with van der Waals surface area (Å²) in [5.74, 6) is -0.830. The first kappa shape index (κ1) is 25.4. The minimum absolute atomic E-state index is 0.0574. The first-order chi connectivity index (χ1) is 16.2. The number of benzene rings is 2. The van der Waals surface area contributed by atoms with E-state index in [1.807, 2.05) is 13.8 Å². The van der Waals surface area contributed by atoms with Crippen LogP contribution in [0.25, 0.3) is 10.9 Å². The lowest BCUT2D eigenvalue weighted by molar-refractivity contribution is 0.0444. The van der Waals surface area contributed by atoms with Gasteiger partial charge in [0, 0.05) is 39.5 Å². The Morgan fingerprint density at radius 2 is 1.88 bits per heavy atom. The van der Waals surface area contributed by atoms with Crippen molar-refractivity contribution in [1.29, 1.82) is 5.26 Å². The Hall–Kier alpha value is -3.21. The summed E-state index contributed by atoms with van der Waals surface area (Å²) in [4.78, 5) is 25.5. The van der Waals surface area contributed by atoms with Crippen molar-refractivity contribution in [3.8, 4) is 11.8 Å². The van der Waals surface area contributed by atoms with Gasteiger partial charge < -0.3 is 19.8 Å². The molecule has 0 saturated carbocycles. The van der Waals surface area contributed by atoms with Crippen LogP contribution in [0.3, 0.4) is 0 Å². The molecule has 0 saturated heterocycles. The minimum Gasteiger partial charge on any atom is -0.489 e. The second-order valence-corrected chi connectivity index (χ2v) is 8.98. The highest BCUT2D eigenvalue weighted by molar-refractivity contribution is 6.35. The summed E-state index contributed by atoms with van der Waals surface area (Å²) >= 11 is 12.5. The van der Waals surface area contributed by atoms with Crippen molar-refractivity contribution in [2.75, 3.05) is 6.61 Å².